The van der Waals surface area contributed by atoms with Gasteiger partial charge in [-0.2, -0.15) is 0 Å². The second-order valence-corrected chi connectivity index (χ2v) is 3.62. The molecule has 0 amide bonds. The van der Waals surface area contributed by atoms with Crippen molar-refractivity contribution in [1.29, 1.82) is 0 Å². The first-order valence-electron chi connectivity index (χ1n) is 3.83. The molecule has 0 aromatic heterocycles. The molecule has 0 spiro atoms. The molecule has 1 rings (SSSR count). The van der Waals surface area contributed by atoms with E-state index in [-0.39, 0.29) is 5.60 Å². The number of ether oxygens (including phenoxy) is 1. The molecule has 2 heteroatoms. The van der Waals surface area contributed by atoms with Gasteiger partial charge in [0, 0.05) is 19.7 Å². The zero-order valence-corrected chi connectivity index (χ0v) is 7.35. The topological polar surface area (TPSA) is 12.5 Å². The van der Waals surface area contributed by atoms with Gasteiger partial charge >= 0.3 is 0 Å². The Kier molecular flexibility index (Phi) is 2.02. The van der Waals surface area contributed by atoms with E-state index in [2.05, 4.69) is 25.8 Å². The minimum Gasteiger partial charge on any atom is -0.377 e. The molecule has 0 aromatic rings. The van der Waals surface area contributed by atoms with E-state index >= 15 is 0 Å². The van der Waals surface area contributed by atoms with Gasteiger partial charge in [-0.1, -0.05) is 0 Å². The SMILES string of the molecule is COC1(C)CC(C)N(C)C1. The van der Waals surface area contributed by atoms with Crippen LogP contribution < -0.4 is 0 Å². The molecule has 1 aliphatic rings. The lowest BCUT2D eigenvalue weighted by atomic mass is 10.0. The number of nitrogens with zero attached hydrogens (tertiary/aromatic N) is 1. The molecule has 2 atom stereocenters. The maximum absolute atomic E-state index is 5.40. The number of hydrogen-bond acceptors (Lipinski definition) is 2. The summed E-state index contributed by atoms with van der Waals surface area (Å²) >= 11 is 0. The zero-order valence-electron chi connectivity index (χ0n) is 7.35. The normalized spacial score (nSPS) is 42.6. The predicted molar refractivity (Wildman–Crippen MR) is 42.1 cm³/mol. The van der Waals surface area contributed by atoms with E-state index in [9.17, 15) is 0 Å². The molecule has 2 nitrogen and oxygen atoms in total. The predicted octanol–water partition coefficient (Wildman–Crippen LogP) is 1.12. The lowest BCUT2D eigenvalue weighted by Crippen LogP contribution is -2.30. The van der Waals surface area contributed by atoms with Crippen LogP contribution in [0.2, 0.25) is 0 Å². The molecule has 2 unspecified atom stereocenters. The average Bonchev–Trinajstić information content (AvgIpc) is 2.10. The third kappa shape index (κ3) is 1.32. The highest BCUT2D eigenvalue weighted by Gasteiger charge is 2.36. The van der Waals surface area contributed by atoms with Crippen LogP contribution in [0.15, 0.2) is 0 Å². The Morgan fingerprint density at radius 3 is 2.40 bits per heavy atom. The largest absolute Gasteiger partial charge is 0.377 e. The summed E-state index contributed by atoms with van der Waals surface area (Å²) in [7, 11) is 3.95. The third-order valence-corrected chi connectivity index (χ3v) is 2.56. The van der Waals surface area contributed by atoms with Crippen LogP contribution in [0.25, 0.3) is 0 Å². The first-order valence-corrected chi connectivity index (χ1v) is 3.83. The van der Waals surface area contributed by atoms with Crippen LogP contribution in [0.3, 0.4) is 0 Å². The van der Waals surface area contributed by atoms with Gasteiger partial charge in [0.05, 0.1) is 5.60 Å². The van der Waals surface area contributed by atoms with Gasteiger partial charge in [0.1, 0.15) is 0 Å². The molecule has 0 aliphatic carbocycles. The fourth-order valence-corrected chi connectivity index (χ4v) is 1.68. The fourth-order valence-electron chi connectivity index (χ4n) is 1.68. The highest BCUT2D eigenvalue weighted by atomic mass is 16.5. The van der Waals surface area contributed by atoms with Crippen molar-refractivity contribution in [2.75, 3.05) is 20.7 Å². The standard InChI is InChI=1S/C8H17NO/c1-7-5-8(2,10-4)6-9(7)3/h7H,5-6H2,1-4H3. The lowest BCUT2D eigenvalue weighted by Gasteiger charge is -2.21. The summed E-state index contributed by atoms with van der Waals surface area (Å²) in [5, 5.41) is 0. The van der Waals surface area contributed by atoms with Crippen molar-refractivity contribution >= 4 is 0 Å². The third-order valence-electron chi connectivity index (χ3n) is 2.56. The molecular formula is C8H17NO. The number of methoxy groups -OCH3 is 1. The van der Waals surface area contributed by atoms with E-state index < -0.39 is 0 Å². The molecule has 10 heavy (non-hydrogen) atoms. The van der Waals surface area contributed by atoms with E-state index in [1.54, 1.807) is 7.11 Å². The molecule has 0 aromatic carbocycles. The highest BCUT2D eigenvalue weighted by molar-refractivity contribution is 4.90. The van der Waals surface area contributed by atoms with Crippen molar-refractivity contribution in [3.8, 4) is 0 Å². The zero-order chi connectivity index (χ0) is 7.78. The smallest absolute Gasteiger partial charge is 0.0791 e. The summed E-state index contributed by atoms with van der Waals surface area (Å²) in [4.78, 5) is 2.34. The molecule has 1 saturated heterocycles. The van der Waals surface area contributed by atoms with Crippen LogP contribution in [0, 0.1) is 0 Å². The van der Waals surface area contributed by atoms with Crippen LogP contribution in [0.1, 0.15) is 20.3 Å². The first-order chi connectivity index (χ1) is 4.57. The Morgan fingerprint density at radius 2 is 2.20 bits per heavy atom. The maximum Gasteiger partial charge on any atom is 0.0791 e. The van der Waals surface area contributed by atoms with Crippen LogP contribution >= 0.6 is 0 Å². The molecule has 0 bridgehead atoms. The first kappa shape index (κ1) is 8.02. The lowest BCUT2D eigenvalue weighted by molar-refractivity contribution is 0.0164. The second-order valence-electron chi connectivity index (χ2n) is 3.62. The van der Waals surface area contributed by atoms with Gasteiger partial charge in [-0.05, 0) is 27.3 Å². The van der Waals surface area contributed by atoms with E-state index in [0.717, 1.165) is 13.0 Å². The number of likely N-dealkylation sites (N-methyl/N-ethyl adjacent to an activating group) is 1. The van der Waals surface area contributed by atoms with Gasteiger partial charge in [-0.15, -0.1) is 0 Å². The van der Waals surface area contributed by atoms with E-state index in [1.807, 2.05) is 0 Å². The molecule has 0 N–H and O–H groups in total. The Morgan fingerprint density at radius 1 is 1.60 bits per heavy atom. The Balaban J connectivity index is 2.55. The van der Waals surface area contributed by atoms with Crippen molar-refractivity contribution in [3.05, 3.63) is 0 Å². The summed E-state index contributed by atoms with van der Waals surface area (Å²) in [6.07, 6.45) is 1.15. The minimum atomic E-state index is 0.105. The van der Waals surface area contributed by atoms with Gasteiger partial charge in [-0.25, -0.2) is 0 Å². The van der Waals surface area contributed by atoms with Crippen LogP contribution in [0.4, 0.5) is 0 Å². The highest BCUT2D eigenvalue weighted by Crippen LogP contribution is 2.27. The molecule has 1 heterocycles. The van der Waals surface area contributed by atoms with Crippen molar-refractivity contribution in [2.45, 2.75) is 31.9 Å². The van der Waals surface area contributed by atoms with Gasteiger partial charge in [0.15, 0.2) is 0 Å². The number of rotatable bonds is 1. The van der Waals surface area contributed by atoms with E-state index in [4.69, 9.17) is 4.74 Å². The minimum absolute atomic E-state index is 0.105. The molecule has 0 saturated carbocycles. The summed E-state index contributed by atoms with van der Waals surface area (Å²) in [5.74, 6) is 0. The maximum atomic E-state index is 5.40. The van der Waals surface area contributed by atoms with Gasteiger partial charge in [0.2, 0.25) is 0 Å². The Hall–Kier alpha value is -0.0800. The second kappa shape index (κ2) is 2.51. The number of hydrogen-bond donors (Lipinski definition) is 0. The van der Waals surface area contributed by atoms with E-state index in [0.29, 0.717) is 6.04 Å². The molecular weight excluding hydrogens is 126 g/mol. The number of likely N-dealkylation sites (tertiary alicyclic amines) is 1. The van der Waals surface area contributed by atoms with Crippen LogP contribution in [0.5, 0.6) is 0 Å². The molecule has 60 valence electrons. The summed E-state index contributed by atoms with van der Waals surface area (Å²) in [5.41, 5.74) is 0.105. The van der Waals surface area contributed by atoms with Gasteiger partial charge in [-0.3, -0.25) is 0 Å². The Labute approximate surface area is 63.2 Å². The van der Waals surface area contributed by atoms with Crippen LogP contribution in [-0.4, -0.2) is 37.2 Å². The Bertz CT molecular complexity index is 114. The summed E-state index contributed by atoms with van der Waals surface area (Å²) < 4.78 is 5.40. The molecule has 0 radical (unpaired) electrons. The summed E-state index contributed by atoms with van der Waals surface area (Å²) in [6, 6.07) is 0.671. The van der Waals surface area contributed by atoms with Gasteiger partial charge < -0.3 is 9.64 Å². The summed E-state index contributed by atoms with van der Waals surface area (Å²) in [6.45, 7) is 5.47. The van der Waals surface area contributed by atoms with Crippen molar-refractivity contribution < 1.29 is 4.74 Å². The quantitative estimate of drug-likeness (QED) is 0.545. The van der Waals surface area contributed by atoms with Crippen LogP contribution in [-0.2, 0) is 4.74 Å². The molecule has 1 aliphatic heterocycles. The van der Waals surface area contributed by atoms with Crippen molar-refractivity contribution in [1.82, 2.24) is 4.90 Å². The van der Waals surface area contributed by atoms with Crippen molar-refractivity contribution in [2.24, 2.45) is 0 Å². The fraction of sp³-hybridized carbons (Fsp3) is 1.00. The van der Waals surface area contributed by atoms with Crippen molar-refractivity contribution in [3.63, 3.8) is 0 Å². The monoisotopic (exact) mass is 143 g/mol. The molecule has 1 fully saturated rings. The average molecular weight is 143 g/mol. The van der Waals surface area contributed by atoms with E-state index in [1.165, 1.54) is 0 Å². The van der Waals surface area contributed by atoms with Gasteiger partial charge in [0.25, 0.3) is 0 Å².